The van der Waals surface area contributed by atoms with Gasteiger partial charge in [0.25, 0.3) is 0 Å². The van der Waals surface area contributed by atoms with E-state index in [9.17, 15) is 0 Å². The topological polar surface area (TPSA) is 56.7 Å². The molecule has 0 unspecified atom stereocenters. The highest BCUT2D eigenvalue weighted by molar-refractivity contribution is 5.87. The van der Waals surface area contributed by atoms with Crippen LogP contribution in [-0.2, 0) is 6.54 Å². The first-order valence-corrected chi connectivity index (χ1v) is 17.8. The molecule has 9 aromatic rings. The maximum atomic E-state index is 5.04. The summed E-state index contributed by atoms with van der Waals surface area (Å²) in [5.74, 6) is 1.57. The highest BCUT2D eigenvalue weighted by Gasteiger charge is 2.20. The molecule has 0 spiro atoms. The molecule has 0 aliphatic rings. The van der Waals surface area contributed by atoms with Gasteiger partial charge in [0.05, 0.1) is 22.5 Å². The summed E-state index contributed by atoms with van der Waals surface area (Å²) in [6.45, 7) is 2.68. The molecule has 0 saturated carbocycles. The van der Waals surface area contributed by atoms with Crippen LogP contribution in [0.3, 0.4) is 0 Å². The SMILES string of the molecule is Cc1cc(-c2ccc3cc(-c4ccc(-c5ccc(-c6nc(-c7ccccc7)[n-][n+]6Cc6ccccc6)cc5)cc4)ccc3n2)cc(-c2ccccc2)n1. The Morgan fingerprint density at radius 2 is 1.02 bits per heavy atom. The lowest BCUT2D eigenvalue weighted by Crippen LogP contribution is -2.40. The van der Waals surface area contributed by atoms with Crippen molar-refractivity contribution in [3.63, 3.8) is 0 Å². The van der Waals surface area contributed by atoms with Crippen molar-refractivity contribution in [3.05, 3.63) is 193 Å². The normalized spacial score (nSPS) is 11.2. The molecule has 5 heteroatoms. The Hall–Kier alpha value is -6.98. The van der Waals surface area contributed by atoms with Gasteiger partial charge in [0.1, 0.15) is 6.54 Å². The summed E-state index contributed by atoms with van der Waals surface area (Å²) in [4.78, 5) is 14.8. The molecule has 0 atom stereocenters. The predicted octanol–water partition coefficient (Wildman–Crippen LogP) is 10.6. The van der Waals surface area contributed by atoms with Crippen LogP contribution in [0.2, 0.25) is 0 Å². The average Bonchev–Trinajstić information content (AvgIpc) is 3.65. The van der Waals surface area contributed by atoms with Crippen molar-refractivity contribution in [3.8, 4) is 67.5 Å². The number of hydrogen-bond acceptors (Lipinski definition) is 3. The number of hydrogen-bond donors (Lipinski definition) is 0. The fraction of sp³-hybridized carbons (Fsp3) is 0.0417. The molecule has 5 nitrogen and oxygen atoms in total. The zero-order chi connectivity index (χ0) is 35.6. The first kappa shape index (κ1) is 32.0. The summed E-state index contributed by atoms with van der Waals surface area (Å²) in [7, 11) is 0. The van der Waals surface area contributed by atoms with Crippen LogP contribution < -0.4 is 9.78 Å². The van der Waals surface area contributed by atoms with Crippen LogP contribution in [0.5, 0.6) is 0 Å². The van der Waals surface area contributed by atoms with E-state index in [0.717, 1.165) is 84.1 Å². The number of aromatic nitrogens is 5. The van der Waals surface area contributed by atoms with E-state index in [-0.39, 0.29) is 0 Å². The monoisotopic (exact) mass is 681 g/mol. The van der Waals surface area contributed by atoms with Crippen molar-refractivity contribution in [2.45, 2.75) is 13.5 Å². The molecule has 9 rings (SSSR count). The molecule has 53 heavy (non-hydrogen) atoms. The Morgan fingerprint density at radius 1 is 0.434 bits per heavy atom. The number of nitrogens with zero attached hydrogens (tertiary/aromatic N) is 5. The van der Waals surface area contributed by atoms with Crippen LogP contribution in [0.4, 0.5) is 0 Å². The van der Waals surface area contributed by atoms with Gasteiger partial charge in [-0.15, -0.1) is 0 Å². The standard InChI is InChI=1S/C48H35N5/c1-33-29-43(31-46(49-33)38-13-7-3-8-14-38)45-28-26-42-30-41(25-27-44(42)50-45)37-19-17-35(18-20-37)36-21-23-40(24-22-36)48-51-47(39-15-9-4-10-16-39)52-53(48)32-34-11-5-2-6-12-34/h2-31H,32H2,1H3. The lowest BCUT2D eigenvalue weighted by atomic mass is 9.98. The average molecular weight is 682 g/mol. The fourth-order valence-electron chi connectivity index (χ4n) is 6.84. The maximum absolute atomic E-state index is 5.04. The van der Waals surface area contributed by atoms with Crippen molar-refractivity contribution >= 4 is 10.9 Å². The molecule has 0 fully saturated rings. The predicted molar refractivity (Wildman–Crippen MR) is 214 cm³/mol. The molecular weight excluding hydrogens is 647 g/mol. The molecule has 0 N–H and O–H groups in total. The van der Waals surface area contributed by atoms with Gasteiger partial charge in [0.2, 0.25) is 5.82 Å². The van der Waals surface area contributed by atoms with E-state index in [1.165, 1.54) is 5.56 Å². The largest absolute Gasteiger partial charge is 0.334 e. The summed E-state index contributed by atoms with van der Waals surface area (Å²) in [5, 5.41) is 6.03. The zero-order valence-corrected chi connectivity index (χ0v) is 29.3. The number of rotatable bonds is 8. The minimum Gasteiger partial charge on any atom is -0.253 e. The maximum Gasteiger partial charge on any atom is 0.334 e. The summed E-state index contributed by atoms with van der Waals surface area (Å²) in [5.41, 5.74) is 13.8. The second-order valence-corrected chi connectivity index (χ2v) is 13.3. The van der Waals surface area contributed by atoms with Crippen LogP contribution >= 0.6 is 0 Å². The Morgan fingerprint density at radius 3 is 1.70 bits per heavy atom. The molecule has 0 radical (unpaired) electrons. The van der Waals surface area contributed by atoms with Gasteiger partial charge in [-0.25, -0.2) is 14.8 Å². The Labute approximate surface area is 309 Å². The molecule has 252 valence electrons. The molecule has 3 aromatic heterocycles. The van der Waals surface area contributed by atoms with E-state index >= 15 is 0 Å². The third-order valence-electron chi connectivity index (χ3n) is 9.58. The lowest BCUT2D eigenvalue weighted by Gasteiger charge is -2.09. The highest BCUT2D eigenvalue weighted by Crippen LogP contribution is 2.31. The van der Waals surface area contributed by atoms with Crippen LogP contribution in [-0.4, -0.2) is 15.0 Å². The second-order valence-electron chi connectivity index (χ2n) is 13.3. The van der Waals surface area contributed by atoms with Crippen molar-refractivity contribution in [2.75, 3.05) is 0 Å². The van der Waals surface area contributed by atoms with Gasteiger partial charge >= 0.3 is 5.82 Å². The van der Waals surface area contributed by atoms with Crippen LogP contribution in [0, 0.1) is 6.92 Å². The fourth-order valence-corrected chi connectivity index (χ4v) is 6.84. The van der Waals surface area contributed by atoms with E-state index in [0.29, 0.717) is 6.54 Å². The van der Waals surface area contributed by atoms with Crippen molar-refractivity contribution < 1.29 is 4.68 Å². The van der Waals surface area contributed by atoms with Crippen LogP contribution in [0.15, 0.2) is 182 Å². The molecule has 0 saturated heterocycles. The molecule has 0 aliphatic carbocycles. The smallest absolute Gasteiger partial charge is 0.253 e. The van der Waals surface area contributed by atoms with Crippen molar-refractivity contribution in [1.82, 2.24) is 20.1 Å². The van der Waals surface area contributed by atoms with Crippen LogP contribution in [0.25, 0.3) is 78.4 Å². The molecule has 0 bridgehead atoms. The lowest BCUT2D eigenvalue weighted by molar-refractivity contribution is -0.737. The number of fused-ring (bicyclic) bond motifs is 1. The Kier molecular flexibility index (Phi) is 8.43. The van der Waals surface area contributed by atoms with E-state index in [1.807, 2.05) is 54.1 Å². The minimum absolute atomic E-state index is 0.644. The van der Waals surface area contributed by atoms with Gasteiger partial charge < -0.3 is 0 Å². The van der Waals surface area contributed by atoms with Gasteiger partial charge in [-0.1, -0.05) is 140 Å². The highest BCUT2D eigenvalue weighted by atomic mass is 15.3. The number of aryl methyl sites for hydroxylation is 1. The van der Waals surface area contributed by atoms with Gasteiger partial charge in [-0.05, 0) is 82.2 Å². The van der Waals surface area contributed by atoms with Gasteiger partial charge in [0.15, 0.2) is 0 Å². The number of pyridine rings is 2. The summed E-state index contributed by atoms with van der Waals surface area (Å²) >= 11 is 0. The quantitative estimate of drug-likeness (QED) is 0.150. The number of benzene rings is 6. The van der Waals surface area contributed by atoms with E-state index < -0.39 is 0 Å². The summed E-state index contributed by atoms with van der Waals surface area (Å²) < 4.78 is 2.00. The zero-order valence-electron chi connectivity index (χ0n) is 29.3. The van der Waals surface area contributed by atoms with E-state index in [4.69, 9.17) is 20.1 Å². The molecule has 3 heterocycles. The van der Waals surface area contributed by atoms with Gasteiger partial charge in [0, 0.05) is 27.8 Å². The van der Waals surface area contributed by atoms with E-state index in [1.54, 1.807) is 0 Å². The summed E-state index contributed by atoms with van der Waals surface area (Å²) in [6.07, 6.45) is 0. The van der Waals surface area contributed by atoms with Crippen LogP contribution in [0.1, 0.15) is 11.3 Å². The molecular formula is C48H35N5. The third kappa shape index (κ3) is 6.76. The third-order valence-corrected chi connectivity index (χ3v) is 9.58. The van der Waals surface area contributed by atoms with Crippen molar-refractivity contribution in [1.29, 1.82) is 0 Å². The summed E-state index contributed by atoms with van der Waals surface area (Å²) in [6, 6.07) is 63.2. The first-order valence-electron chi connectivity index (χ1n) is 17.8. The Balaban J connectivity index is 0.954. The Bertz CT molecular complexity index is 2670. The molecule has 0 aliphatic heterocycles. The molecule has 0 amide bonds. The minimum atomic E-state index is 0.644. The van der Waals surface area contributed by atoms with Gasteiger partial charge in [-0.3, -0.25) is 4.98 Å². The van der Waals surface area contributed by atoms with Crippen molar-refractivity contribution in [2.24, 2.45) is 0 Å². The second kappa shape index (κ2) is 14.0. The van der Waals surface area contributed by atoms with E-state index in [2.05, 4.69) is 140 Å². The first-order chi connectivity index (χ1) is 26.1. The van der Waals surface area contributed by atoms with Gasteiger partial charge in [-0.2, -0.15) is 0 Å². The molecule has 6 aromatic carbocycles.